The predicted molar refractivity (Wildman–Crippen MR) is 62.7 cm³/mol. The molecule has 0 saturated carbocycles. The average Bonchev–Trinajstić information content (AvgIpc) is 2.21. The SMILES string of the molecule is CCc1ncnc(NC(C)(C)CCN)c1F. The van der Waals surface area contributed by atoms with Crippen molar-refractivity contribution in [2.45, 2.75) is 39.2 Å². The van der Waals surface area contributed by atoms with Crippen molar-refractivity contribution in [2.75, 3.05) is 11.9 Å². The Kier molecular flexibility index (Phi) is 4.18. The van der Waals surface area contributed by atoms with Gasteiger partial charge in [-0.3, -0.25) is 0 Å². The van der Waals surface area contributed by atoms with Gasteiger partial charge in [0, 0.05) is 5.54 Å². The fraction of sp³-hybridized carbons (Fsp3) is 0.636. The molecule has 0 unspecified atom stereocenters. The van der Waals surface area contributed by atoms with Crippen LogP contribution in [0.2, 0.25) is 0 Å². The number of aromatic nitrogens is 2. The van der Waals surface area contributed by atoms with Gasteiger partial charge in [-0.05, 0) is 33.2 Å². The van der Waals surface area contributed by atoms with Crippen LogP contribution in [0.4, 0.5) is 10.2 Å². The fourth-order valence-corrected chi connectivity index (χ4v) is 1.48. The van der Waals surface area contributed by atoms with Crippen LogP contribution in [0.25, 0.3) is 0 Å². The van der Waals surface area contributed by atoms with Crippen LogP contribution in [0.5, 0.6) is 0 Å². The molecule has 90 valence electrons. The van der Waals surface area contributed by atoms with Crippen LogP contribution in [0, 0.1) is 5.82 Å². The Balaban J connectivity index is 2.89. The van der Waals surface area contributed by atoms with E-state index < -0.39 is 0 Å². The van der Waals surface area contributed by atoms with Crippen molar-refractivity contribution in [2.24, 2.45) is 5.73 Å². The lowest BCUT2D eigenvalue weighted by molar-refractivity contribution is 0.512. The van der Waals surface area contributed by atoms with Gasteiger partial charge in [0.05, 0.1) is 5.69 Å². The maximum Gasteiger partial charge on any atom is 0.186 e. The molecular weight excluding hydrogens is 207 g/mol. The predicted octanol–water partition coefficient (Wildman–Crippen LogP) is 1.72. The smallest absolute Gasteiger partial charge is 0.186 e. The second-order valence-electron chi connectivity index (χ2n) is 4.38. The van der Waals surface area contributed by atoms with E-state index in [1.54, 1.807) is 0 Å². The van der Waals surface area contributed by atoms with Crippen molar-refractivity contribution in [3.63, 3.8) is 0 Å². The maximum atomic E-state index is 13.8. The minimum absolute atomic E-state index is 0.255. The van der Waals surface area contributed by atoms with Crippen molar-refractivity contribution in [3.05, 3.63) is 17.8 Å². The molecule has 16 heavy (non-hydrogen) atoms. The first-order valence-electron chi connectivity index (χ1n) is 5.48. The number of nitrogens with one attached hydrogen (secondary N) is 1. The van der Waals surface area contributed by atoms with Gasteiger partial charge in [-0.15, -0.1) is 0 Å². The Morgan fingerprint density at radius 2 is 2.12 bits per heavy atom. The molecule has 1 aromatic rings. The molecule has 0 radical (unpaired) electrons. The monoisotopic (exact) mass is 226 g/mol. The summed E-state index contributed by atoms with van der Waals surface area (Å²) in [6, 6.07) is 0. The molecule has 0 bridgehead atoms. The zero-order valence-corrected chi connectivity index (χ0v) is 10.0. The Bertz CT molecular complexity index is 352. The van der Waals surface area contributed by atoms with Crippen LogP contribution in [0.3, 0.4) is 0 Å². The van der Waals surface area contributed by atoms with E-state index in [4.69, 9.17) is 5.73 Å². The first-order chi connectivity index (χ1) is 7.50. The van der Waals surface area contributed by atoms with Crippen molar-refractivity contribution in [1.29, 1.82) is 0 Å². The standard InChI is InChI=1S/C11H19FN4/c1-4-8-9(12)10(15-7-14-8)16-11(2,3)5-6-13/h7H,4-6,13H2,1-3H3,(H,14,15,16). The third-order valence-corrected chi connectivity index (χ3v) is 2.42. The van der Waals surface area contributed by atoms with Crippen LogP contribution >= 0.6 is 0 Å². The number of nitrogens with two attached hydrogens (primary N) is 1. The summed E-state index contributed by atoms with van der Waals surface area (Å²) in [5.74, 6) is -0.111. The quantitative estimate of drug-likeness (QED) is 0.802. The summed E-state index contributed by atoms with van der Waals surface area (Å²) in [4.78, 5) is 7.80. The summed E-state index contributed by atoms with van der Waals surface area (Å²) < 4.78 is 13.8. The molecule has 0 aliphatic heterocycles. The van der Waals surface area contributed by atoms with E-state index in [2.05, 4.69) is 15.3 Å². The first kappa shape index (κ1) is 12.8. The van der Waals surface area contributed by atoms with E-state index in [1.807, 2.05) is 20.8 Å². The number of nitrogens with zero attached hydrogens (tertiary/aromatic N) is 2. The Morgan fingerprint density at radius 3 is 2.69 bits per heavy atom. The van der Waals surface area contributed by atoms with Gasteiger partial charge in [0.25, 0.3) is 0 Å². The average molecular weight is 226 g/mol. The summed E-state index contributed by atoms with van der Waals surface area (Å²) in [6.07, 6.45) is 2.68. The molecule has 5 heteroatoms. The molecule has 0 amide bonds. The van der Waals surface area contributed by atoms with E-state index in [0.717, 1.165) is 6.42 Å². The van der Waals surface area contributed by atoms with Gasteiger partial charge in [-0.1, -0.05) is 6.92 Å². The molecule has 0 aliphatic carbocycles. The van der Waals surface area contributed by atoms with Gasteiger partial charge in [0.15, 0.2) is 11.6 Å². The third kappa shape index (κ3) is 3.13. The Hall–Kier alpha value is -1.23. The molecule has 3 N–H and O–H groups in total. The Labute approximate surface area is 95.5 Å². The summed E-state index contributed by atoms with van der Waals surface area (Å²) in [7, 11) is 0. The highest BCUT2D eigenvalue weighted by Crippen LogP contribution is 2.19. The summed E-state index contributed by atoms with van der Waals surface area (Å²) in [6.45, 7) is 6.34. The van der Waals surface area contributed by atoms with Gasteiger partial charge in [-0.25, -0.2) is 14.4 Å². The molecule has 1 rings (SSSR count). The molecule has 0 atom stereocenters. The molecule has 0 aromatic carbocycles. The fourth-order valence-electron chi connectivity index (χ4n) is 1.48. The number of rotatable bonds is 5. The summed E-state index contributed by atoms with van der Waals surface area (Å²) >= 11 is 0. The van der Waals surface area contributed by atoms with E-state index in [-0.39, 0.29) is 17.2 Å². The lowest BCUT2D eigenvalue weighted by Crippen LogP contribution is -2.34. The van der Waals surface area contributed by atoms with E-state index >= 15 is 0 Å². The van der Waals surface area contributed by atoms with Crippen molar-refractivity contribution in [1.82, 2.24) is 9.97 Å². The van der Waals surface area contributed by atoms with Gasteiger partial charge in [0.1, 0.15) is 6.33 Å². The second kappa shape index (κ2) is 5.21. The van der Waals surface area contributed by atoms with E-state index in [0.29, 0.717) is 18.7 Å². The normalized spacial score (nSPS) is 11.6. The zero-order valence-electron chi connectivity index (χ0n) is 10.0. The van der Waals surface area contributed by atoms with Crippen LogP contribution in [0.1, 0.15) is 32.9 Å². The number of anilines is 1. The van der Waals surface area contributed by atoms with Gasteiger partial charge < -0.3 is 11.1 Å². The highest BCUT2D eigenvalue weighted by molar-refractivity contribution is 5.39. The molecular formula is C11H19FN4. The molecule has 0 spiro atoms. The number of halogens is 1. The highest BCUT2D eigenvalue weighted by Gasteiger charge is 2.20. The number of hydrogen-bond acceptors (Lipinski definition) is 4. The maximum absolute atomic E-state index is 13.8. The van der Waals surface area contributed by atoms with Crippen LogP contribution in [0.15, 0.2) is 6.33 Å². The number of aryl methyl sites for hydroxylation is 1. The van der Waals surface area contributed by atoms with Crippen molar-refractivity contribution in [3.8, 4) is 0 Å². The largest absolute Gasteiger partial charge is 0.363 e. The second-order valence-corrected chi connectivity index (χ2v) is 4.38. The zero-order chi connectivity index (χ0) is 12.2. The highest BCUT2D eigenvalue weighted by atomic mass is 19.1. The molecule has 4 nitrogen and oxygen atoms in total. The molecule has 0 aliphatic rings. The summed E-state index contributed by atoms with van der Waals surface area (Å²) in [5, 5.41) is 3.06. The van der Waals surface area contributed by atoms with Gasteiger partial charge in [0.2, 0.25) is 0 Å². The van der Waals surface area contributed by atoms with Gasteiger partial charge >= 0.3 is 0 Å². The number of hydrogen-bond donors (Lipinski definition) is 2. The van der Waals surface area contributed by atoms with E-state index in [9.17, 15) is 4.39 Å². The van der Waals surface area contributed by atoms with E-state index in [1.165, 1.54) is 6.33 Å². The topological polar surface area (TPSA) is 63.8 Å². The molecule has 1 heterocycles. The lowest BCUT2D eigenvalue weighted by Gasteiger charge is -2.26. The minimum atomic E-state index is -0.366. The molecule has 1 aromatic heterocycles. The van der Waals surface area contributed by atoms with Crippen LogP contribution < -0.4 is 11.1 Å². The molecule has 0 fully saturated rings. The lowest BCUT2D eigenvalue weighted by atomic mass is 10.0. The van der Waals surface area contributed by atoms with Crippen LogP contribution in [-0.2, 0) is 6.42 Å². The first-order valence-corrected chi connectivity index (χ1v) is 5.48. The summed E-state index contributed by atoms with van der Waals surface area (Å²) in [5.41, 5.74) is 5.66. The van der Waals surface area contributed by atoms with Crippen molar-refractivity contribution < 1.29 is 4.39 Å². The third-order valence-electron chi connectivity index (χ3n) is 2.42. The van der Waals surface area contributed by atoms with Gasteiger partial charge in [-0.2, -0.15) is 0 Å². The van der Waals surface area contributed by atoms with Crippen LogP contribution in [-0.4, -0.2) is 22.1 Å². The molecule has 0 saturated heterocycles. The Morgan fingerprint density at radius 1 is 1.44 bits per heavy atom. The minimum Gasteiger partial charge on any atom is -0.363 e. The van der Waals surface area contributed by atoms with Crippen molar-refractivity contribution >= 4 is 5.82 Å².